The van der Waals surface area contributed by atoms with Crippen LogP contribution in [-0.2, 0) is 6.18 Å². The zero-order valence-corrected chi connectivity index (χ0v) is 11.5. The molecule has 0 amide bonds. The van der Waals surface area contributed by atoms with Gasteiger partial charge in [-0.3, -0.25) is 0 Å². The molecule has 0 atom stereocenters. The molecule has 1 saturated heterocycles. The summed E-state index contributed by atoms with van der Waals surface area (Å²) in [5.41, 5.74) is 0. The molecule has 0 aliphatic carbocycles. The molecule has 0 radical (unpaired) electrons. The number of halogens is 3. The highest BCUT2D eigenvalue weighted by atomic mass is 19.4. The van der Waals surface area contributed by atoms with Gasteiger partial charge in [0.05, 0.1) is 0 Å². The number of hydrogen-bond acceptors (Lipinski definition) is 5. The zero-order chi connectivity index (χ0) is 14.8. The van der Waals surface area contributed by atoms with Crippen molar-refractivity contribution in [2.45, 2.75) is 25.1 Å². The molecule has 8 heteroatoms. The summed E-state index contributed by atoms with van der Waals surface area (Å²) in [4.78, 5) is 9.19. The monoisotopic (exact) mass is 289 g/mol. The van der Waals surface area contributed by atoms with Crippen molar-refractivity contribution < 1.29 is 13.2 Å². The Morgan fingerprint density at radius 1 is 1.20 bits per heavy atom. The van der Waals surface area contributed by atoms with Crippen molar-refractivity contribution in [2.24, 2.45) is 0 Å². The normalized spacial score (nSPS) is 18.1. The maximum absolute atomic E-state index is 12.7. The lowest BCUT2D eigenvalue weighted by Crippen LogP contribution is -2.37. The first-order valence-electron chi connectivity index (χ1n) is 6.47. The van der Waals surface area contributed by atoms with E-state index in [0.717, 1.165) is 25.9 Å². The van der Waals surface area contributed by atoms with Crippen molar-refractivity contribution in [1.82, 2.24) is 14.9 Å². The van der Waals surface area contributed by atoms with Gasteiger partial charge in [-0.1, -0.05) is 0 Å². The lowest BCUT2D eigenvalue weighted by molar-refractivity contribution is -0.144. The number of alkyl halides is 3. The highest BCUT2D eigenvalue weighted by Gasteiger charge is 2.35. The minimum atomic E-state index is -4.55. The minimum Gasteiger partial charge on any atom is -0.373 e. The molecule has 2 N–H and O–H groups in total. The molecule has 1 aliphatic rings. The van der Waals surface area contributed by atoms with Gasteiger partial charge in [-0.2, -0.15) is 13.2 Å². The van der Waals surface area contributed by atoms with Gasteiger partial charge in [-0.15, -0.1) is 0 Å². The van der Waals surface area contributed by atoms with E-state index in [2.05, 4.69) is 25.5 Å². The van der Waals surface area contributed by atoms with Crippen molar-refractivity contribution in [3.8, 4) is 0 Å². The van der Waals surface area contributed by atoms with Crippen molar-refractivity contribution >= 4 is 11.6 Å². The quantitative estimate of drug-likeness (QED) is 0.892. The molecular weight excluding hydrogens is 271 g/mol. The molecule has 1 aromatic rings. The topological polar surface area (TPSA) is 53.1 Å². The van der Waals surface area contributed by atoms with Gasteiger partial charge in [0.1, 0.15) is 11.6 Å². The van der Waals surface area contributed by atoms with Gasteiger partial charge in [0.2, 0.25) is 5.82 Å². The maximum atomic E-state index is 12.7. The van der Waals surface area contributed by atoms with Crippen LogP contribution in [0.1, 0.15) is 18.7 Å². The third kappa shape index (κ3) is 3.72. The van der Waals surface area contributed by atoms with E-state index in [4.69, 9.17) is 0 Å². The largest absolute Gasteiger partial charge is 0.451 e. The third-order valence-corrected chi connectivity index (χ3v) is 3.31. The minimum absolute atomic E-state index is 0.145. The predicted molar refractivity (Wildman–Crippen MR) is 70.7 cm³/mol. The van der Waals surface area contributed by atoms with Gasteiger partial charge in [-0.05, 0) is 33.0 Å². The number of piperidine rings is 1. The maximum Gasteiger partial charge on any atom is 0.451 e. The van der Waals surface area contributed by atoms with Crippen LogP contribution >= 0.6 is 0 Å². The Morgan fingerprint density at radius 2 is 1.80 bits per heavy atom. The fourth-order valence-electron chi connectivity index (χ4n) is 2.14. The molecule has 112 valence electrons. The summed E-state index contributed by atoms with van der Waals surface area (Å²) in [7, 11) is 3.56. The van der Waals surface area contributed by atoms with E-state index < -0.39 is 12.0 Å². The molecule has 0 bridgehead atoms. The summed E-state index contributed by atoms with van der Waals surface area (Å²) in [6, 6.07) is 1.64. The van der Waals surface area contributed by atoms with Gasteiger partial charge in [-0.25, -0.2) is 9.97 Å². The standard InChI is InChI=1S/C12H18F3N5/c1-16-9-7-10(19-11(18-9)12(13,14)15)17-8-3-5-20(2)6-4-8/h7-8H,3-6H2,1-2H3,(H2,16,17,18,19). The van der Waals surface area contributed by atoms with Gasteiger partial charge in [0, 0.05) is 19.2 Å². The van der Waals surface area contributed by atoms with E-state index >= 15 is 0 Å². The van der Waals surface area contributed by atoms with Crippen LogP contribution in [0.5, 0.6) is 0 Å². The summed E-state index contributed by atoms with van der Waals surface area (Å²) in [6.07, 6.45) is -2.77. The van der Waals surface area contributed by atoms with E-state index in [0.29, 0.717) is 0 Å². The Bertz CT molecular complexity index is 455. The number of nitrogens with one attached hydrogen (secondary N) is 2. The van der Waals surface area contributed by atoms with Crippen LogP contribution in [-0.4, -0.2) is 48.1 Å². The Labute approximate surface area is 115 Å². The highest BCUT2D eigenvalue weighted by Crippen LogP contribution is 2.28. The second-order valence-electron chi connectivity index (χ2n) is 4.93. The molecular formula is C12H18F3N5. The zero-order valence-electron chi connectivity index (χ0n) is 11.5. The summed E-state index contributed by atoms with van der Waals surface area (Å²) in [6.45, 7) is 1.85. The molecule has 1 fully saturated rings. The summed E-state index contributed by atoms with van der Waals surface area (Å²) < 4.78 is 38.2. The van der Waals surface area contributed by atoms with E-state index in [1.54, 1.807) is 0 Å². The smallest absolute Gasteiger partial charge is 0.373 e. The van der Waals surface area contributed by atoms with Crippen LogP contribution in [0.3, 0.4) is 0 Å². The van der Waals surface area contributed by atoms with E-state index in [9.17, 15) is 13.2 Å². The Morgan fingerprint density at radius 3 is 2.35 bits per heavy atom. The van der Waals surface area contributed by atoms with Crippen molar-refractivity contribution in [3.05, 3.63) is 11.9 Å². The van der Waals surface area contributed by atoms with E-state index in [1.165, 1.54) is 13.1 Å². The number of hydrogen-bond donors (Lipinski definition) is 2. The van der Waals surface area contributed by atoms with Crippen LogP contribution in [0, 0.1) is 0 Å². The Hall–Kier alpha value is -1.57. The van der Waals surface area contributed by atoms with Gasteiger partial charge in [0.25, 0.3) is 0 Å². The van der Waals surface area contributed by atoms with Crippen molar-refractivity contribution in [1.29, 1.82) is 0 Å². The molecule has 0 aromatic carbocycles. The van der Waals surface area contributed by atoms with Crippen LogP contribution < -0.4 is 10.6 Å². The number of nitrogens with zero attached hydrogens (tertiary/aromatic N) is 3. The first-order chi connectivity index (χ1) is 9.38. The summed E-state index contributed by atoms with van der Waals surface area (Å²) >= 11 is 0. The number of rotatable bonds is 3. The van der Waals surface area contributed by atoms with Crippen LogP contribution in [0.4, 0.5) is 24.8 Å². The molecule has 1 aromatic heterocycles. The van der Waals surface area contributed by atoms with Gasteiger partial charge >= 0.3 is 6.18 Å². The summed E-state index contributed by atoms with van der Waals surface area (Å²) in [5.74, 6) is -0.756. The predicted octanol–water partition coefficient (Wildman–Crippen LogP) is 2.04. The number of aromatic nitrogens is 2. The number of anilines is 2. The van der Waals surface area contributed by atoms with Crippen LogP contribution in [0.15, 0.2) is 6.07 Å². The van der Waals surface area contributed by atoms with Gasteiger partial charge in [0.15, 0.2) is 0 Å². The fraction of sp³-hybridized carbons (Fsp3) is 0.667. The Kier molecular flexibility index (Phi) is 4.32. The first-order valence-corrected chi connectivity index (χ1v) is 6.47. The molecule has 20 heavy (non-hydrogen) atoms. The van der Waals surface area contributed by atoms with Crippen molar-refractivity contribution in [3.63, 3.8) is 0 Å². The highest BCUT2D eigenvalue weighted by molar-refractivity contribution is 5.48. The van der Waals surface area contributed by atoms with E-state index in [-0.39, 0.29) is 17.7 Å². The summed E-state index contributed by atoms with van der Waals surface area (Å²) in [5, 5.41) is 5.70. The average Bonchev–Trinajstić information content (AvgIpc) is 2.40. The molecule has 2 heterocycles. The third-order valence-electron chi connectivity index (χ3n) is 3.31. The van der Waals surface area contributed by atoms with Crippen LogP contribution in [0.2, 0.25) is 0 Å². The molecule has 2 rings (SSSR count). The molecule has 0 unspecified atom stereocenters. The molecule has 0 spiro atoms. The lowest BCUT2D eigenvalue weighted by Gasteiger charge is -2.29. The lowest BCUT2D eigenvalue weighted by atomic mass is 10.1. The fourth-order valence-corrected chi connectivity index (χ4v) is 2.14. The SMILES string of the molecule is CNc1cc(NC2CCN(C)CC2)nc(C(F)(F)F)n1. The average molecular weight is 289 g/mol. The van der Waals surface area contributed by atoms with Crippen LogP contribution in [0.25, 0.3) is 0 Å². The Balaban J connectivity index is 2.14. The number of likely N-dealkylation sites (tertiary alicyclic amines) is 1. The molecule has 0 saturated carbocycles. The van der Waals surface area contributed by atoms with E-state index in [1.807, 2.05) is 7.05 Å². The first kappa shape index (κ1) is 14.8. The molecule has 5 nitrogen and oxygen atoms in total. The van der Waals surface area contributed by atoms with Crippen molar-refractivity contribution in [2.75, 3.05) is 37.8 Å². The molecule has 1 aliphatic heterocycles. The second kappa shape index (κ2) is 5.82. The van der Waals surface area contributed by atoms with Gasteiger partial charge < -0.3 is 15.5 Å². The second-order valence-corrected chi connectivity index (χ2v) is 4.93.